The van der Waals surface area contributed by atoms with Gasteiger partial charge in [0, 0.05) is 57.2 Å². The lowest BCUT2D eigenvalue weighted by Crippen LogP contribution is -2.50. The summed E-state index contributed by atoms with van der Waals surface area (Å²) < 4.78 is 9.51. The molecule has 3 aromatic rings. The quantitative estimate of drug-likeness (QED) is 0.609. The fourth-order valence-corrected chi connectivity index (χ4v) is 3.77. The van der Waals surface area contributed by atoms with Crippen molar-refractivity contribution in [1.29, 1.82) is 0 Å². The van der Waals surface area contributed by atoms with Gasteiger partial charge < -0.3 is 24.0 Å². The predicted molar refractivity (Wildman–Crippen MR) is 125 cm³/mol. The summed E-state index contributed by atoms with van der Waals surface area (Å²) in [5.74, 6) is 0. The maximum absolute atomic E-state index is 12.3. The van der Waals surface area contributed by atoms with E-state index in [0.717, 1.165) is 48.6 Å². The van der Waals surface area contributed by atoms with Crippen molar-refractivity contribution < 1.29 is 9.53 Å². The van der Waals surface area contributed by atoms with Crippen LogP contribution in [-0.4, -0.2) is 87.5 Å². The summed E-state index contributed by atoms with van der Waals surface area (Å²) in [6.45, 7) is 10.3. The number of carbonyl (C=O) groups is 1. The standard InChI is InChI=1S/C23H33N7O2/c1-23(2,3)32-22(31)29-12-10-28(11-13-29)21-14-25-30-15-18(6-7-20(21)30)19-16-27(17-24-19)9-8-26(4)5/h6-7,14-17H,8-13H2,1-5H3. The molecule has 9 nitrogen and oxygen atoms in total. The van der Waals surface area contributed by atoms with Crippen LogP contribution in [0.15, 0.2) is 37.1 Å². The van der Waals surface area contributed by atoms with E-state index < -0.39 is 5.60 Å². The Morgan fingerprint density at radius 3 is 2.56 bits per heavy atom. The number of ether oxygens (including phenoxy) is 1. The van der Waals surface area contributed by atoms with Crippen LogP contribution in [0.1, 0.15) is 20.8 Å². The number of hydrogen-bond acceptors (Lipinski definition) is 6. The van der Waals surface area contributed by atoms with Gasteiger partial charge in [0.15, 0.2) is 0 Å². The molecule has 0 spiro atoms. The van der Waals surface area contributed by atoms with Gasteiger partial charge in [-0.3, -0.25) is 0 Å². The fraction of sp³-hybridized carbons (Fsp3) is 0.522. The Kier molecular flexibility index (Phi) is 6.10. The smallest absolute Gasteiger partial charge is 0.410 e. The number of nitrogens with zero attached hydrogens (tertiary/aromatic N) is 7. The second-order valence-electron chi connectivity index (χ2n) is 9.53. The topological polar surface area (TPSA) is 71.1 Å². The number of likely N-dealkylation sites (N-methyl/N-ethyl adjacent to an activating group) is 1. The predicted octanol–water partition coefficient (Wildman–Crippen LogP) is 2.82. The molecule has 1 saturated heterocycles. The van der Waals surface area contributed by atoms with Gasteiger partial charge in [0.1, 0.15) is 5.60 Å². The molecule has 1 amide bonds. The molecule has 172 valence electrons. The monoisotopic (exact) mass is 439 g/mol. The van der Waals surface area contributed by atoms with Gasteiger partial charge in [0.05, 0.1) is 29.4 Å². The van der Waals surface area contributed by atoms with Crippen LogP contribution in [0, 0.1) is 0 Å². The highest BCUT2D eigenvalue weighted by molar-refractivity contribution is 5.75. The second-order valence-corrected chi connectivity index (χ2v) is 9.53. The van der Waals surface area contributed by atoms with Gasteiger partial charge in [0.2, 0.25) is 0 Å². The van der Waals surface area contributed by atoms with Crippen molar-refractivity contribution in [2.24, 2.45) is 0 Å². The Morgan fingerprint density at radius 2 is 1.88 bits per heavy atom. The van der Waals surface area contributed by atoms with Crippen molar-refractivity contribution in [2.45, 2.75) is 32.9 Å². The number of fused-ring (bicyclic) bond motifs is 1. The van der Waals surface area contributed by atoms with Crippen molar-refractivity contribution >= 4 is 17.3 Å². The number of pyridine rings is 1. The molecule has 1 aliphatic heterocycles. The molecule has 0 unspecified atom stereocenters. The molecule has 0 radical (unpaired) electrons. The van der Waals surface area contributed by atoms with Crippen molar-refractivity contribution in [3.05, 3.63) is 37.1 Å². The minimum absolute atomic E-state index is 0.244. The van der Waals surface area contributed by atoms with E-state index in [0.29, 0.717) is 13.1 Å². The maximum atomic E-state index is 12.3. The van der Waals surface area contributed by atoms with Crippen molar-refractivity contribution in [3.63, 3.8) is 0 Å². The SMILES string of the molecule is CN(C)CCn1cnc(-c2ccc3c(N4CCN(C(=O)OC(C)(C)C)CC4)cnn3c2)c1. The minimum atomic E-state index is -0.476. The lowest BCUT2D eigenvalue weighted by molar-refractivity contribution is 0.0240. The second kappa shape index (κ2) is 8.82. The van der Waals surface area contributed by atoms with Crippen LogP contribution in [-0.2, 0) is 11.3 Å². The number of aromatic nitrogens is 4. The fourth-order valence-electron chi connectivity index (χ4n) is 3.77. The summed E-state index contributed by atoms with van der Waals surface area (Å²) in [7, 11) is 4.14. The normalized spacial score (nSPS) is 15.1. The van der Waals surface area contributed by atoms with Gasteiger partial charge in [0.25, 0.3) is 0 Å². The molecular formula is C23H33N7O2. The van der Waals surface area contributed by atoms with E-state index in [9.17, 15) is 4.79 Å². The van der Waals surface area contributed by atoms with Gasteiger partial charge in [-0.25, -0.2) is 14.3 Å². The molecule has 32 heavy (non-hydrogen) atoms. The molecule has 0 aliphatic carbocycles. The molecule has 0 saturated carbocycles. The number of carbonyl (C=O) groups excluding carboxylic acids is 1. The van der Waals surface area contributed by atoms with E-state index in [-0.39, 0.29) is 6.09 Å². The van der Waals surface area contributed by atoms with E-state index in [2.05, 4.69) is 56.9 Å². The van der Waals surface area contributed by atoms with Gasteiger partial charge >= 0.3 is 6.09 Å². The molecule has 4 rings (SSSR count). The Morgan fingerprint density at radius 1 is 1.12 bits per heavy atom. The van der Waals surface area contributed by atoms with Crippen LogP contribution in [0.25, 0.3) is 16.8 Å². The van der Waals surface area contributed by atoms with E-state index >= 15 is 0 Å². The Hall–Kier alpha value is -3.07. The molecule has 9 heteroatoms. The van der Waals surface area contributed by atoms with Crippen molar-refractivity contribution in [2.75, 3.05) is 51.7 Å². The first kappa shape index (κ1) is 22.1. The first-order valence-corrected chi connectivity index (χ1v) is 11.1. The summed E-state index contributed by atoms with van der Waals surface area (Å²) in [5.41, 5.74) is 3.62. The Bertz CT molecular complexity index is 1070. The molecule has 0 atom stereocenters. The van der Waals surface area contributed by atoms with Gasteiger partial charge in [-0.1, -0.05) is 0 Å². The molecular weight excluding hydrogens is 406 g/mol. The highest BCUT2D eigenvalue weighted by Gasteiger charge is 2.27. The lowest BCUT2D eigenvalue weighted by atomic mass is 10.2. The van der Waals surface area contributed by atoms with Crippen LogP contribution in [0.5, 0.6) is 0 Å². The molecule has 1 fully saturated rings. The molecule has 1 aliphatic rings. The average Bonchev–Trinajstić information content (AvgIpc) is 3.38. The minimum Gasteiger partial charge on any atom is -0.444 e. The molecule has 4 heterocycles. The van der Waals surface area contributed by atoms with Gasteiger partial charge in [-0.2, -0.15) is 5.10 Å². The number of anilines is 1. The number of hydrogen-bond donors (Lipinski definition) is 0. The zero-order valence-corrected chi connectivity index (χ0v) is 19.7. The number of amides is 1. The Balaban J connectivity index is 1.43. The third-order valence-corrected chi connectivity index (χ3v) is 5.50. The highest BCUT2D eigenvalue weighted by Crippen LogP contribution is 2.26. The van der Waals surface area contributed by atoms with Gasteiger partial charge in [-0.05, 0) is 47.0 Å². The van der Waals surface area contributed by atoms with Crippen LogP contribution >= 0.6 is 0 Å². The summed E-state index contributed by atoms with van der Waals surface area (Å²) in [6.07, 6.45) is 7.63. The van der Waals surface area contributed by atoms with Crippen LogP contribution in [0.4, 0.5) is 10.5 Å². The van der Waals surface area contributed by atoms with Crippen LogP contribution in [0.3, 0.4) is 0 Å². The largest absolute Gasteiger partial charge is 0.444 e. The summed E-state index contributed by atoms with van der Waals surface area (Å²) in [6, 6.07) is 4.19. The van der Waals surface area contributed by atoms with E-state index in [1.54, 1.807) is 4.90 Å². The third kappa shape index (κ3) is 5.04. The van der Waals surface area contributed by atoms with E-state index in [1.165, 1.54) is 0 Å². The zero-order chi connectivity index (χ0) is 22.9. The molecule has 3 aromatic heterocycles. The molecule has 0 aromatic carbocycles. The number of piperazine rings is 1. The lowest BCUT2D eigenvalue weighted by Gasteiger charge is -2.36. The first-order valence-electron chi connectivity index (χ1n) is 11.1. The van der Waals surface area contributed by atoms with Crippen molar-refractivity contribution in [3.8, 4) is 11.3 Å². The van der Waals surface area contributed by atoms with E-state index in [4.69, 9.17) is 4.74 Å². The van der Waals surface area contributed by atoms with Crippen LogP contribution < -0.4 is 4.90 Å². The molecule has 0 N–H and O–H groups in total. The summed E-state index contributed by atoms with van der Waals surface area (Å²) in [4.78, 5) is 23.1. The van der Waals surface area contributed by atoms with Crippen molar-refractivity contribution in [1.82, 2.24) is 29.0 Å². The van der Waals surface area contributed by atoms with Gasteiger partial charge in [-0.15, -0.1) is 0 Å². The average molecular weight is 440 g/mol. The Labute approximate surface area is 189 Å². The first-order chi connectivity index (χ1) is 15.2. The zero-order valence-electron chi connectivity index (χ0n) is 19.7. The summed E-state index contributed by atoms with van der Waals surface area (Å²) >= 11 is 0. The summed E-state index contributed by atoms with van der Waals surface area (Å²) in [5, 5.41) is 4.58. The molecule has 0 bridgehead atoms. The highest BCUT2D eigenvalue weighted by atomic mass is 16.6. The maximum Gasteiger partial charge on any atom is 0.410 e. The third-order valence-electron chi connectivity index (χ3n) is 5.50. The van der Waals surface area contributed by atoms with Crippen LogP contribution in [0.2, 0.25) is 0 Å². The van der Waals surface area contributed by atoms with E-state index in [1.807, 2.05) is 44.0 Å². The number of rotatable bonds is 5. The number of imidazole rings is 1.